The van der Waals surface area contributed by atoms with Crippen molar-refractivity contribution in [2.24, 2.45) is 0 Å². The SMILES string of the molecule is O=C(/C=C/c1ccccc1)OCc1ccccc1Cl. The van der Waals surface area contributed by atoms with E-state index in [0.717, 1.165) is 11.1 Å². The summed E-state index contributed by atoms with van der Waals surface area (Å²) in [6, 6.07) is 16.9. The molecule has 0 aliphatic heterocycles. The molecule has 0 bridgehead atoms. The summed E-state index contributed by atoms with van der Waals surface area (Å²) >= 11 is 5.97. The molecule has 2 nitrogen and oxygen atoms in total. The van der Waals surface area contributed by atoms with Gasteiger partial charge in [0.2, 0.25) is 0 Å². The molecule has 96 valence electrons. The normalized spacial score (nSPS) is 10.6. The molecule has 19 heavy (non-hydrogen) atoms. The first-order chi connectivity index (χ1) is 9.25. The second-order valence-electron chi connectivity index (χ2n) is 3.94. The van der Waals surface area contributed by atoms with Gasteiger partial charge < -0.3 is 4.74 Å². The monoisotopic (exact) mass is 272 g/mol. The van der Waals surface area contributed by atoms with Crippen LogP contribution in [0.5, 0.6) is 0 Å². The largest absolute Gasteiger partial charge is 0.458 e. The molecular weight excluding hydrogens is 260 g/mol. The van der Waals surface area contributed by atoms with E-state index in [1.807, 2.05) is 48.5 Å². The average Bonchev–Trinajstić information content (AvgIpc) is 2.45. The number of esters is 1. The van der Waals surface area contributed by atoms with Crippen LogP contribution in [0.15, 0.2) is 60.7 Å². The highest BCUT2D eigenvalue weighted by Gasteiger charge is 2.02. The molecular formula is C16H13ClO2. The van der Waals surface area contributed by atoms with Crippen LogP contribution in [0, 0.1) is 0 Å². The zero-order valence-electron chi connectivity index (χ0n) is 10.3. The zero-order chi connectivity index (χ0) is 13.5. The standard InChI is InChI=1S/C16H13ClO2/c17-15-9-5-4-8-14(15)12-19-16(18)11-10-13-6-2-1-3-7-13/h1-11H,12H2/b11-10+. The zero-order valence-corrected chi connectivity index (χ0v) is 11.0. The van der Waals surface area contributed by atoms with E-state index in [1.54, 1.807) is 12.1 Å². The maximum Gasteiger partial charge on any atom is 0.331 e. The van der Waals surface area contributed by atoms with Gasteiger partial charge in [0.1, 0.15) is 6.61 Å². The summed E-state index contributed by atoms with van der Waals surface area (Å²) < 4.78 is 5.12. The van der Waals surface area contributed by atoms with E-state index < -0.39 is 0 Å². The predicted molar refractivity (Wildman–Crippen MR) is 76.7 cm³/mol. The second kappa shape index (κ2) is 6.76. The highest BCUT2D eigenvalue weighted by molar-refractivity contribution is 6.31. The van der Waals surface area contributed by atoms with Gasteiger partial charge in [-0.25, -0.2) is 4.79 Å². The predicted octanol–water partition coefficient (Wildman–Crippen LogP) is 4.10. The lowest BCUT2D eigenvalue weighted by molar-refractivity contribution is -0.138. The van der Waals surface area contributed by atoms with E-state index in [0.29, 0.717) is 5.02 Å². The van der Waals surface area contributed by atoms with Crippen molar-refractivity contribution in [2.45, 2.75) is 6.61 Å². The highest BCUT2D eigenvalue weighted by atomic mass is 35.5. The molecule has 0 amide bonds. The maximum atomic E-state index is 11.5. The fourth-order valence-corrected chi connectivity index (χ4v) is 1.73. The van der Waals surface area contributed by atoms with Gasteiger partial charge in [0.15, 0.2) is 0 Å². The van der Waals surface area contributed by atoms with E-state index in [-0.39, 0.29) is 12.6 Å². The number of benzene rings is 2. The molecule has 0 saturated heterocycles. The quantitative estimate of drug-likeness (QED) is 0.619. The summed E-state index contributed by atoms with van der Waals surface area (Å²) in [5.41, 5.74) is 1.75. The van der Waals surface area contributed by atoms with Crippen molar-refractivity contribution in [2.75, 3.05) is 0 Å². The highest BCUT2D eigenvalue weighted by Crippen LogP contribution is 2.15. The second-order valence-corrected chi connectivity index (χ2v) is 4.35. The number of halogens is 1. The van der Waals surface area contributed by atoms with Gasteiger partial charge in [-0.05, 0) is 17.7 Å². The first-order valence-corrected chi connectivity index (χ1v) is 6.27. The number of ether oxygens (including phenoxy) is 1. The third kappa shape index (κ3) is 4.27. The molecule has 0 fully saturated rings. The van der Waals surface area contributed by atoms with Crippen molar-refractivity contribution >= 4 is 23.6 Å². The molecule has 2 aromatic carbocycles. The van der Waals surface area contributed by atoms with Gasteiger partial charge >= 0.3 is 5.97 Å². The molecule has 0 atom stereocenters. The molecule has 2 aromatic rings. The third-order valence-electron chi connectivity index (χ3n) is 2.54. The molecule has 0 saturated carbocycles. The Morgan fingerprint density at radius 2 is 1.74 bits per heavy atom. The van der Waals surface area contributed by atoms with Gasteiger partial charge in [-0.3, -0.25) is 0 Å². The van der Waals surface area contributed by atoms with Crippen LogP contribution in [0.2, 0.25) is 5.02 Å². The molecule has 0 aliphatic carbocycles. The van der Waals surface area contributed by atoms with Crippen molar-refractivity contribution < 1.29 is 9.53 Å². The lowest BCUT2D eigenvalue weighted by atomic mass is 10.2. The van der Waals surface area contributed by atoms with Crippen LogP contribution < -0.4 is 0 Å². The smallest absolute Gasteiger partial charge is 0.331 e. The number of carbonyl (C=O) groups excluding carboxylic acids is 1. The van der Waals surface area contributed by atoms with Crippen LogP contribution >= 0.6 is 11.6 Å². The minimum Gasteiger partial charge on any atom is -0.458 e. The van der Waals surface area contributed by atoms with Crippen LogP contribution in [-0.4, -0.2) is 5.97 Å². The Morgan fingerprint density at radius 1 is 1.05 bits per heavy atom. The van der Waals surface area contributed by atoms with Crippen molar-refractivity contribution in [1.29, 1.82) is 0 Å². The van der Waals surface area contributed by atoms with Crippen molar-refractivity contribution in [3.05, 3.63) is 76.8 Å². The number of hydrogen-bond donors (Lipinski definition) is 0. The Bertz CT molecular complexity index is 576. The van der Waals surface area contributed by atoms with E-state index in [2.05, 4.69) is 0 Å². The summed E-state index contributed by atoms with van der Waals surface area (Å²) in [5, 5.41) is 0.599. The number of rotatable bonds is 4. The molecule has 0 spiro atoms. The minimum absolute atomic E-state index is 0.178. The van der Waals surface area contributed by atoms with Crippen LogP contribution in [0.3, 0.4) is 0 Å². The van der Waals surface area contributed by atoms with Crippen molar-refractivity contribution in [1.82, 2.24) is 0 Å². The molecule has 0 heterocycles. The van der Waals surface area contributed by atoms with Gasteiger partial charge in [-0.2, -0.15) is 0 Å². The molecule has 0 unspecified atom stereocenters. The Kier molecular flexibility index (Phi) is 4.76. The summed E-state index contributed by atoms with van der Waals surface area (Å²) in [6.45, 7) is 0.178. The molecule has 0 aromatic heterocycles. The summed E-state index contributed by atoms with van der Waals surface area (Å²) in [5.74, 6) is -0.385. The first-order valence-electron chi connectivity index (χ1n) is 5.89. The minimum atomic E-state index is -0.385. The molecule has 2 rings (SSSR count). The van der Waals surface area contributed by atoms with Crippen molar-refractivity contribution in [3.8, 4) is 0 Å². The Hall–Kier alpha value is -2.06. The Morgan fingerprint density at radius 3 is 2.47 bits per heavy atom. The fourth-order valence-electron chi connectivity index (χ4n) is 1.54. The first kappa shape index (κ1) is 13.4. The maximum absolute atomic E-state index is 11.5. The average molecular weight is 273 g/mol. The summed E-state index contributed by atoms with van der Waals surface area (Å²) in [7, 11) is 0. The molecule has 0 aliphatic rings. The lowest BCUT2D eigenvalue weighted by Crippen LogP contribution is -2.01. The lowest BCUT2D eigenvalue weighted by Gasteiger charge is -2.03. The van der Waals surface area contributed by atoms with Crippen LogP contribution in [0.4, 0.5) is 0 Å². The Labute approximate surface area is 117 Å². The van der Waals surface area contributed by atoms with Gasteiger partial charge in [0.25, 0.3) is 0 Å². The van der Waals surface area contributed by atoms with Gasteiger partial charge in [-0.1, -0.05) is 60.1 Å². The topological polar surface area (TPSA) is 26.3 Å². The molecule has 0 N–H and O–H groups in total. The number of carbonyl (C=O) groups is 1. The van der Waals surface area contributed by atoms with Gasteiger partial charge in [-0.15, -0.1) is 0 Å². The molecule has 3 heteroatoms. The molecule has 0 radical (unpaired) electrons. The van der Waals surface area contributed by atoms with Gasteiger partial charge in [0.05, 0.1) is 0 Å². The van der Waals surface area contributed by atoms with Crippen LogP contribution in [-0.2, 0) is 16.1 Å². The van der Waals surface area contributed by atoms with Crippen LogP contribution in [0.1, 0.15) is 11.1 Å². The van der Waals surface area contributed by atoms with E-state index in [1.165, 1.54) is 6.08 Å². The third-order valence-corrected chi connectivity index (χ3v) is 2.91. The van der Waals surface area contributed by atoms with E-state index >= 15 is 0 Å². The van der Waals surface area contributed by atoms with E-state index in [9.17, 15) is 4.79 Å². The van der Waals surface area contributed by atoms with Gasteiger partial charge in [0, 0.05) is 16.7 Å². The number of hydrogen-bond acceptors (Lipinski definition) is 2. The Balaban J connectivity index is 1.89. The van der Waals surface area contributed by atoms with Crippen LogP contribution in [0.25, 0.3) is 6.08 Å². The summed E-state index contributed by atoms with van der Waals surface area (Å²) in [6.07, 6.45) is 3.13. The fraction of sp³-hybridized carbons (Fsp3) is 0.0625. The summed E-state index contributed by atoms with van der Waals surface area (Å²) in [4.78, 5) is 11.5. The van der Waals surface area contributed by atoms with E-state index in [4.69, 9.17) is 16.3 Å². The van der Waals surface area contributed by atoms with Crippen molar-refractivity contribution in [3.63, 3.8) is 0 Å².